The lowest BCUT2D eigenvalue weighted by Crippen LogP contribution is -2.33. The highest BCUT2D eigenvalue weighted by Gasteiger charge is 2.10. The summed E-state index contributed by atoms with van der Waals surface area (Å²) in [5.74, 6) is -0.870. The Morgan fingerprint density at radius 3 is 2.62 bits per heavy atom. The second-order valence-corrected chi connectivity index (χ2v) is 4.91. The lowest BCUT2D eigenvalue weighted by Gasteiger charge is -2.08. The normalized spacial score (nSPS) is 10.0. The molecule has 0 aliphatic heterocycles. The Bertz CT molecular complexity index is 677. The molecule has 5 nitrogen and oxygen atoms in total. The van der Waals surface area contributed by atoms with Gasteiger partial charge in [0, 0.05) is 11.2 Å². The first-order valence-electron chi connectivity index (χ1n) is 6.00. The standard InChI is InChI=1S/C14H11Cl2N3O2/c15-9-5-6-17-12(7-9)14(21)18-8-13(20)19-11-4-2-1-3-10(11)16/h1-7H,8H2,(H,18,21)(H,19,20). The minimum Gasteiger partial charge on any atom is -0.342 e. The van der Waals surface area contributed by atoms with Crippen LogP contribution in [0.25, 0.3) is 0 Å². The number of pyridine rings is 1. The Morgan fingerprint density at radius 2 is 1.90 bits per heavy atom. The molecular formula is C14H11Cl2N3O2. The number of hydrogen-bond acceptors (Lipinski definition) is 3. The van der Waals surface area contributed by atoms with Gasteiger partial charge in [0.25, 0.3) is 5.91 Å². The van der Waals surface area contributed by atoms with Crippen molar-refractivity contribution in [2.45, 2.75) is 0 Å². The van der Waals surface area contributed by atoms with E-state index in [2.05, 4.69) is 15.6 Å². The smallest absolute Gasteiger partial charge is 0.270 e. The van der Waals surface area contributed by atoms with Crippen LogP contribution < -0.4 is 10.6 Å². The maximum absolute atomic E-state index is 11.8. The molecule has 0 spiro atoms. The monoisotopic (exact) mass is 323 g/mol. The summed E-state index contributed by atoms with van der Waals surface area (Å²) in [6, 6.07) is 9.80. The van der Waals surface area contributed by atoms with Crippen molar-refractivity contribution in [2.24, 2.45) is 0 Å². The third-order valence-corrected chi connectivity index (χ3v) is 3.08. The zero-order chi connectivity index (χ0) is 15.2. The summed E-state index contributed by atoms with van der Waals surface area (Å²) in [4.78, 5) is 27.4. The molecule has 0 radical (unpaired) electrons. The first kappa shape index (κ1) is 15.3. The van der Waals surface area contributed by atoms with Gasteiger partial charge in [0.1, 0.15) is 5.69 Å². The molecule has 21 heavy (non-hydrogen) atoms. The number of nitrogens with zero attached hydrogens (tertiary/aromatic N) is 1. The summed E-state index contributed by atoms with van der Waals surface area (Å²) < 4.78 is 0. The largest absolute Gasteiger partial charge is 0.342 e. The van der Waals surface area contributed by atoms with Crippen molar-refractivity contribution < 1.29 is 9.59 Å². The predicted molar refractivity (Wildman–Crippen MR) is 81.7 cm³/mol. The highest BCUT2D eigenvalue weighted by molar-refractivity contribution is 6.33. The van der Waals surface area contributed by atoms with Crippen LogP contribution in [0.4, 0.5) is 5.69 Å². The molecule has 0 saturated heterocycles. The van der Waals surface area contributed by atoms with Gasteiger partial charge in [-0.3, -0.25) is 14.6 Å². The molecule has 2 N–H and O–H groups in total. The molecule has 0 aliphatic rings. The van der Waals surface area contributed by atoms with Crippen molar-refractivity contribution in [3.8, 4) is 0 Å². The van der Waals surface area contributed by atoms with Crippen LogP contribution in [0.2, 0.25) is 10.0 Å². The van der Waals surface area contributed by atoms with E-state index in [1.165, 1.54) is 12.3 Å². The van der Waals surface area contributed by atoms with Gasteiger partial charge in [-0.2, -0.15) is 0 Å². The molecule has 0 saturated carbocycles. The number of anilines is 1. The van der Waals surface area contributed by atoms with E-state index < -0.39 is 11.8 Å². The molecular weight excluding hydrogens is 313 g/mol. The zero-order valence-electron chi connectivity index (χ0n) is 10.8. The Labute approximate surface area is 131 Å². The number of aromatic nitrogens is 1. The van der Waals surface area contributed by atoms with E-state index in [0.29, 0.717) is 15.7 Å². The SMILES string of the molecule is O=C(CNC(=O)c1cc(Cl)ccn1)Nc1ccccc1Cl. The predicted octanol–water partition coefficient (Wildman–Crippen LogP) is 2.76. The van der Waals surface area contributed by atoms with E-state index >= 15 is 0 Å². The minimum absolute atomic E-state index is 0.146. The van der Waals surface area contributed by atoms with Crippen molar-refractivity contribution in [1.82, 2.24) is 10.3 Å². The average molecular weight is 324 g/mol. The van der Waals surface area contributed by atoms with Crippen molar-refractivity contribution >= 4 is 40.7 Å². The summed E-state index contributed by atoms with van der Waals surface area (Å²) in [5.41, 5.74) is 0.632. The topological polar surface area (TPSA) is 71.1 Å². The van der Waals surface area contributed by atoms with Gasteiger partial charge in [0.2, 0.25) is 5.91 Å². The number of carbonyl (C=O) groups is 2. The minimum atomic E-state index is -0.480. The number of nitrogens with one attached hydrogen (secondary N) is 2. The van der Waals surface area contributed by atoms with E-state index in [-0.39, 0.29) is 12.2 Å². The highest BCUT2D eigenvalue weighted by Crippen LogP contribution is 2.19. The van der Waals surface area contributed by atoms with Crippen LogP contribution in [-0.2, 0) is 4.79 Å². The molecule has 2 amide bonds. The van der Waals surface area contributed by atoms with Crippen molar-refractivity contribution in [2.75, 3.05) is 11.9 Å². The molecule has 0 aliphatic carbocycles. The van der Waals surface area contributed by atoms with E-state index in [4.69, 9.17) is 23.2 Å². The van der Waals surface area contributed by atoms with Gasteiger partial charge in [-0.25, -0.2) is 0 Å². The highest BCUT2D eigenvalue weighted by atomic mass is 35.5. The number of carbonyl (C=O) groups excluding carboxylic acids is 2. The molecule has 108 valence electrons. The third-order valence-electron chi connectivity index (χ3n) is 2.51. The van der Waals surface area contributed by atoms with Crippen LogP contribution in [-0.4, -0.2) is 23.3 Å². The van der Waals surface area contributed by atoms with Crippen LogP contribution in [0.1, 0.15) is 10.5 Å². The molecule has 0 fully saturated rings. The number of hydrogen-bond donors (Lipinski definition) is 2. The fourth-order valence-electron chi connectivity index (χ4n) is 1.54. The third kappa shape index (κ3) is 4.44. The maximum Gasteiger partial charge on any atom is 0.270 e. The number of benzene rings is 1. The van der Waals surface area contributed by atoms with Gasteiger partial charge in [0.15, 0.2) is 0 Å². The van der Waals surface area contributed by atoms with Gasteiger partial charge in [-0.05, 0) is 24.3 Å². The van der Waals surface area contributed by atoms with Crippen LogP contribution >= 0.6 is 23.2 Å². The zero-order valence-corrected chi connectivity index (χ0v) is 12.3. The van der Waals surface area contributed by atoms with Gasteiger partial charge < -0.3 is 10.6 Å². The Kier molecular flexibility index (Phi) is 5.14. The molecule has 1 aromatic carbocycles. The lowest BCUT2D eigenvalue weighted by molar-refractivity contribution is -0.115. The molecule has 0 unspecified atom stereocenters. The fourth-order valence-corrected chi connectivity index (χ4v) is 1.88. The number of amides is 2. The summed E-state index contributed by atoms with van der Waals surface area (Å²) in [6.07, 6.45) is 1.42. The first-order valence-corrected chi connectivity index (χ1v) is 6.76. The fraction of sp³-hybridized carbons (Fsp3) is 0.0714. The number of halogens is 2. The van der Waals surface area contributed by atoms with E-state index in [1.54, 1.807) is 30.3 Å². The van der Waals surface area contributed by atoms with Gasteiger partial charge in [-0.1, -0.05) is 35.3 Å². The molecule has 0 bridgehead atoms. The molecule has 1 aromatic heterocycles. The van der Waals surface area contributed by atoms with Crippen molar-refractivity contribution in [3.63, 3.8) is 0 Å². The second kappa shape index (κ2) is 7.06. The summed E-state index contributed by atoms with van der Waals surface area (Å²) in [6.45, 7) is -0.196. The Morgan fingerprint density at radius 1 is 1.14 bits per heavy atom. The van der Waals surface area contributed by atoms with Crippen molar-refractivity contribution in [1.29, 1.82) is 0 Å². The molecule has 0 atom stereocenters. The lowest BCUT2D eigenvalue weighted by atomic mass is 10.3. The van der Waals surface area contributed by atoms with Crippen molar-refractivity contribution in [3.05, 3.63) is 58.3 Å². The number of rotatable bonds is 4. The van der Waals surface area contributed by atoms with Gasteiger partial charge >= 0.3 is 0 Å². The Balaban J connectivity index is 1.90. The van der Waals surface area contributed by atoms with E-state index in [1.807, 2.05) is 0 Å². The summed E-state index contributed by atoms with van der Waals surface area (Å²) >= 11 is 11.7. The number of para-hydroxylation sites is 1. The quantitative estimate of drug-likeness (QED) is 0.908. The molecule has 1 heterocycles. The average Bonchev–Trinajstić information content (AvgIpc) is 2.47. The Hall–Kier alpha value is -2.11. The van der Waals surface area contributed by atoms with E-state index in [9.17, 15) is 9.59 Å². The van der Waals surface area contributed by atoms with Crippen LogP contribution in [0.3, 0.4) is 0 Å². The summed E-state index contributed by atoms with van der Waals surface area (Å²) in [7, 11) is 0. The van der Waals surface area contributed by atoms with Crippen LogP contribution in [0, 0.1) is 0 Å². The van der Waals surface area contributed by atoms with Gasteiger partial charge in [-0.15, -0.1) is 0 Å². The summed E-state index contributed by atoms with van der Waals surface area (Å²) in [5, 5.41) is 5.87. The molecule has 2 rings (SSSR count). The van der Waals surface area contributed by atoms with Gasteiger partial charge in [0.05, 0.1) is 17.3 Å². The van der Waals surface area contributed by atoms with Crippen LogP contribution in [0.5, 0.6) is 0 Å². The maximum atomic E-state index is 11.8. The van der Waals surface area contributed by atoms with Crippen LogP contribution in [0.15, 0.2) is 42.6 Å². The molecule has 2 aromatic rings. The first-order chi connectivity index (χ1) is 10.1. The van der Waals surface area contributed by atoms with E-state index in [0.717, 1.165) is 0 Å². The second-order valence-electron chi connectivity index (χ2n) is 4.07. The molecule has 7 heteroatoms.